The van der Waals surface area contributed by atoms with E-state index in [-0.39, 0.29) is 5.92 Å². The maximum atomic E-state index is 12.5. The lowest BCUT2D eigenvalue weighted by Gasteiger charge is -2.14. The quantitative estimate of drug-likeness (QED) is 0.842. The van der Waals surface area contributed by atoms with Crippen molar-refractivity contribution in [1.29, 1.82) is 5.26 Å². The van der Waals surface area contributed by atoms with Crippen molar-refractivity contribution in [2.45, 2.75) is 25.8 Å². The summed E-state index contributed by atoms with van der Waals surface area (Å²) in [7, 11) is 0. The minimum atomic E-state index is -2.64. The van der Waals surface area contributed by atoms with Crippen LogP contribution in [0.15, 0.2) is 36.7 Å². The van der Waals surface area contributed by atoms with Crippen LogP contribution in [0.3, 0.4) is 0 Å². The molecular weight excluding hydrogens is 248 g/mol. The third-order valence-corrected chi connectivity index (χ3v) is 3.09. The third-order valence-electron chi connectivity index (χ3n) is 3.09. The summed E-state index contributed by atoms with van der Waals surface area (Å²) in [6, 6.07) is 9.35. The fourth-order valence-electron chi connectivity index (χ4n) is 2.18. The highest BCUT2D eigenvalue weighted by atomic mass is 19.3. The maximum Gasteiger partial charge on any atom is 0.333 e. The second-order valence-electron chi connectivity index (χ2n) is 4.19. The van der Waals surface area contributed by atoms with Crippen LogP contribution in [0.5, 0.6) is 0 Å². The van der Waals surface area contributed by atoms with Gasteiger partial charge in [-0.2, -0.15) is 19.1 Å². The van der Waals surface area contributed by atoms with Gasteiger partial charge in [0.1, 0.15) is 0 Å². The van der Waals surface area contributed by atoms with Gasteiger partial charge >= 0.3 is 6.55 Å². The molecule has 19 heavy (non-hydrogen) atoms. The number of hydrogen-bond donors (Lipinski definition) is 0. The number of hydrogen-bond acceptors (Lipinski definition) is 2. The fourth-order valence-corrected chi connectivity index (χ4v) is 2.18. The Hall–Kier alpha value is -2.22. The van der Waals surface area contributed by atoms with Crippen LogP contribution >= 0.6 is 0 Å². The zero-order valence-corrected chi connectivity index (χ0v) is 10.4. The molecule has 0 radical (unpaired) electrons. The van der Waals surface area contributed by atoms with Crippen LogP contribution in [0.25, 0.3) is 0 Å². The molecule has 0 aliphatic rings. The van der Waals surface area contributed by atoms with Gasteiger partial charge in [0, 0.05) is 12.1 Å². The lowest BCUT2D eigenvalue weighted by atomic mass is 9.88. The van der Waals surface area contributed by atoms with Gasteiger partial charge in [-0.1, -0.05) is 25.1 Å². The first-order valence-electron chi connectivity index (χ1n) is 5.98. The molecule has 0 bridgehead atoms. The lowest BCUT2D eigenvalue weighted by Crippen LogP contribution is -2.02. The number of rotatable bonds is 4. The molecule has 1 aromatic carbocycles. The average molecular weight is 261 g/mol. The molecule has 1 heterocycles. The minimum Gasteiger partial charge on any atom is -0.211 e. The molecule has 0 aliphatic carbocycles. The number of aromatic nitrogens is 2. The molecule has 0 unspecified atom stereocenters. The average Bonchev–Trinajstić information content (AvgIpc) is 2.90. The predicted molar refractivity (Wildman–Crippen MR) is 66.8 cm³/mol. The van der Waals surface area contributed by atoms with Gasteiger partial charge in [-0.25, -0.2) is 4.68 Å². The van der Waals surface area contributed by atoms with E-state index in [1.54, 1.807) is 12.1 Å². The number of alkyl halides is 2. The molecule has 0 amide bonds. The SMILES string of the molecule is CC[C@@H](c1cnn(C(F)F)c1)c1ccccc1C#N. The summed E-state index contributed by atoms with van der Waals surface area (Å²) in [4.78, 5) is 0. The first kappa shape index (κ1) is 13.2. The minimum absolute atomic E-state index is 0.0941. The van der Waals surface area contributed by atoms with Crippen LogP contribution in [-0.2, 0) is 0 Å². The first-order valence-corrected chi connectivity index (χ1v) is 5.98. The lowest BCUT2D eigenvalue weighted by molar-refractivity contribution is 0.0565. The Balaban J connectivity index is 2.41. The second kappa shape index (κ2) is 5.61. The second-order valence-corrected chi connectivity index (χ2v) is 4.19. The van der Waals surface area contributed by atoms with Crippen molar-refractivity contribution < 1.29 is 8.78 Å². The van der Waals surface area contributed by atoms with E-state index in [1.165, 1.54) is 12.4 Å². The van der Waals surface area contributed by atoms with Gasteiger partial charge < -0.3 is 0 Å². The monoisotopic (exact) mass is 261 g/mol. The van der Waals surface area contributed by atoms with Crippen molar-refractivity contribution >= 4 is 0 Å². The van der Waals surface area contributed by atoms with Gasteiger partial charge in [0.15, 0.2) is 0 Å². The molecule has 98 valence electrons. The highest BCUT2D eigenvalue weighted by Crippen LogP contribution is 2.30. The Morgan fingerprint density at radius 1 is 1.37 bits per heavy atom. The Kier molecular flexibility index (Phi) is 3.91. The van der Waals surface area contributed by atoms with Crippen LogP contribution in [0.2, 0.25) is 0 Å². The Morgan fingerprint density at radius 2 is 2.11 bits per heavy atom. The van der Waals surface area contributed by atoms with Crippen molar-refractivity contribution in [2.24, 2.45) is 0 Å². The maximum absolute atomic E-state index is 12.5. The molecule has 3 nitrogen and oxygen atoms in total. The van der Waals surface area contributed by atoms with Crippen LogP contribution in [0.1, 0.15) is 42.5 Å². The van der Waals surface area contributed by atoms with E-state index in [2.05, 4.69) is 11.2 Å². The van der Waals surface area contributed by atoms with Crippen molar-refractivity contribution in [3.05, 3.63) is 53.3 Å². The first-order chi connectivity index (χ1) is 9.17. The van der Waals surface area contributed by atoms with Crippen molar-refractivity contribution in [1.82, 2.24) is 9.78 Å². The number of nitrogens with zero attached hydrogens (tertiary/aromatic N) is 3. The zero-order valence-electron chi connectivity index (χ0n) is 10.4. The third kappa shape index (κ3) is 2.63. The van der Waals surface area contributed by atoms with E-state index < -0.39 is 6.55 Å². The van der Waals surface area contributed by atoms with Crippen LogP contribution in [-0.4, -0.2) is 9.78 Å². The van der Waals surface area contributed by atoms with Gasteiger partial charge in [-0.15, -0.1) is 0 Å². The molecular formula is C14H13F2N3. The van der Waals surface area contributed by atoms with Gasteiger partial charge in [0.25, 0.3) is 0 Å². The molecule has 5 heteroatoms. The standard InChI is InChI=1S/C14H13F2N3/c1-2-12(11-8-18-19(9-11)14(15)16)13-6-4-3-5-10(13)7-17/h3-6,8-9,12,14H,2H2,1H3/t12-/m0/s1. The highest BCUT2D eigenvalue weighted by Gasteiger charge is 2.18. The van der Waals surface area contributed by atoms with Crippen molar-refractivity contribution in [2.75, 3.05) is 0 Å². The Bertz CT molecular complexity index is 599. The van der Waals surface area contributed by atoms with Crippen molar-refractivity contribution in [3.63, 3.8) is 0 Å². The zero-order chi connectivity index (χ0) is 13.8. The number of nitriles is 1. The summed E-state index contributed by atoms with van der Waals surface area (Å²) in [5, 5.41) is 12.8. The van der Waals surface area contributed by atoms with Gasteiger partial charge in [0.05, 0.1) is 17.8 Å². The normalized spacial score (nSPS) is 12.4. The summed E-state index contributed by atoms with van der Waals surface area (Å²) in [6.07, 6.45) is 3.50. The van der Waals surface area contributed by atoms with Crippen molar-refractivity contribution in [3.8, 4) is 6.07 Å². The van der Waals surface area contributed by atoms with E-state index in [0.29, 0.717) is 22.2 Å². The Labute approximate surface area is 110 Å². The van der Waals surface area contributed by atoms with Crippen LogP contribution in [0.4, 0.5) is 8.78 Å². The summed E-state index contributed by atoms with van der Waals surface area (Å²) in [6.45, 7) is -0.684. The smallest absolute Gasteiger partial charge is 0.211 e. The van der Waals surface area contributed by atoms with Gasteiger partial charge in [-0.05, 0) is 23.6 Å². The van der Waals surface area contributed by atoms with E-state index in [9.17, 15) is 8.78 Å². The molecule has 0 aliphatic heterocycles. The molecule has 2 aromatic rings. The molecule has 0 saturated heterocycles. The fraction of sp³-hybridized carbons (Fsp3) is 0.286. The number of benzene rings is 1. The van der Waals surface area contributed by atoms with E-state index in [4.69, 9.17) is 5.26 Å². The number of halogens is 2. The van der Waals surface area contributed by atoms with Crippen LogP contribution in [0, 0.1) is 11.3 Å². The molecule has 0 spiro atoms. The summed E-state index contributed by atoms with van der Waals surface area (Å²) < 4.78 is 25.7. The van der Waals surface area contributed by atoms with Crippen LogP contribution < -0.4 is 0 Å². The summed E-state index contributed by atoms with van der Waals surface area (Å²) in [5.41, 5.74) is 2.12. The molecule has 0 saturated carbocycles. The Morgan fingerprint density at radius 3 is 2.68 bits per heavy atom. The highest BCUT2D eigenvalue weighted by molar-refractivity contribution is 5.43. The molecule has 0 N–H and O–H groups in total. The molecule has 1 atom stereocenters. The predicted octanol–water partition coefficient (Wildman–Crippen LogP) is 3.69. The topological polar surface area (TPSA) is 41.6 Å². The van der Waals surface area contributed by atoms with E-state index in [1.807, 2.05) is 19.1 Å². The molecule has 2 rings (SSSR count). The van der Waals surface area contributed by atoms with Gasteiger partial charge in [-0.3, -0.25) is 0 Å². The summed E-state index contributed by atoms with van der Waals surface area (Å²) >= 11 is 0. The van der Waals surface area contributed by atoms with E-state index >= 15 is 0 Å². The largest absolute Gasteiger partial charge is 0.333 e. The van der Waals surface area contributed by atoms with E-state index in [0.717, 1.165) is 5.56 Å². The molecule has 1 aromatic heterocycles. The summed E-state index contributed by atoms with van der Waals surface area (Å²) in [5.74, 6) is -0.0941. The van der Waals surface area contributed by atoms with Gasteiger partial charge in [0.2, 0.25) is 0 Å². The molecule has 0 fully saturated rings.